The number of urea groups is 1. The summed E-state index contributed by atoms with van der Waals surface area (Å²) in [6.07, 6.45) is 6.09. The van der Waals surface area contributed by atoms with E-state index in [1.807, 2.05) is 4.90 Å². The summed E-state index contributed by atoms with van der Waals surface area (Å²) in [5.41, 5.74) is 0. The molecular formula is C14H29N3O. The minimum absolute atomic E-state index is 0.122. The van der Waals surface area contributed by atoms with Crippen molar-refractivity contribution in [2.24, 2.45) is 0 Å². The van der Waals surface area contributed by atoms with Gasteiger partial charge in [-0.2, -0.15) is 0 Å². The number of rotatable bonds is 7. The Morgan fingerprint density at radius 1 is 1.00 bits per heavy atom. The molecule has 0 aromatic carbocycles. The van der Waals surface area contributed by atoms with Crippen LogP contribution in [0.3, 0.4) is 0 Å². The molecule has 0 bridgehead atoms. The Kier molecular flexibility index (Phi) is 7.81. The van der Waals surface area contributed by atoms with Gasteiger partial charge in [0.2, 0.25) is 0 Å². The highest BCUT2D eigenvalue weighted by molar-refractivity contribution is 5.74. The van der Waals surface area contributed by atoms with Crippen LogP contribution in [0.5, 0.6) is 0 Å². The van der Waals surface area contributed by atoms with Crippen LogP contribution in [0.15, 0.2) is 0 Å². The Bertz CT molecular complexity index is 225. The van der Waals surface area contributed by atoms with E-state index in [9.17, 15) is 4.79 Å². The van der Waals surface area contributed by atoms with Crippen LogP contribution in [-0.4, -0.2) is 55.1 Å². The fraction of sp³-hybridized carbons (Fsp3) is 0.929. The maximum absolute atomic E-state index is 11.8. The lowest BCUT2D eigenvalue weighted by atomic mass is 10.2. The van der Waals surface area contributed by atoms with Crippen molar-refractivity contribution in [3.63, 3.8) is 0 Å². The number of carbonyl (C=O) groups is 1. The zero-order valence-electron chi connectivity index (χ0n) is 12.1. The molecule has 2 amide bonds. The molecule has 1 aliphatic heterocycles. The van der Waals surface area contributed by atoms with Gasteiger partial charge in [0.25, 0.3) is 0 Å². The fourth-order valence-corrected chi connectivity index (χ4v) is 2.24. The summed E-state index contributed by atoms with van der Waals surface area (Å²) in [6.45, 7) is 10.2. The number of nitrogens with one attached hydrogen (secondary N) is 1. The minimum atomic E-state index is 0.122. The lowest BCUT2D eigenvalue weighted by molar-refractivity contribution is 0.138. The zero-order valence-corrected chi connectivity index (χ0v) is 12.1. The van der Waals surface area contributed by atoms with Crippen LogP contribution in [0.1, 0.15) is 46.0 Å². The topological polar surface area (TPSA) is 35.6 Å². The molecule has 0 unspecified atom stereocenters. The smallest absolute Gasteiger partial charge is 0.317 e. The number of hydrogen-bond acceptors (Lipinski definition) is 2. The van der Waals surface area contributed by atoms with Gasteiger partial charge in [-0.1, -0.05) is 33.1 Å². The van der Waals surface area contributed by atoms with Crippen LogP contribution in [0.2, 0.25) is 0 Å². The average Bonchev–Trinajstić information content (AvgIpc) is 2.40. The summed E-state index contributed by atoms with van der Waals surface area (Å²) in [5, 5.41) is 2.99. The molecule has 0 saturated carbocycles. The molecule has 1 aliphatic rings. The summed E-state index contributed by atoms with van der Waals surface area (Å²) in [6, 6.07) is 0.122. The second kappa shape index (κ2) is 9.20. The molecule has 1 heterocycles. The Morgan fingerprint density at radius 3 is 2.28 bits per heavy atom. The SMILES string of the molecule is CCCCCN1CCN(C(=O)NCCCC)CC1. The molecule has 18 heavy (non-hydrogen) atoms. The van der Waals surface area contributed by atoms with Crippen molar-refractivity contribution in [2.45, 2.75) is 46.0 Å². The predicted octanol–water partition coefficient (Wildman–Crippen LogP) is 2.30. The van der Waals surface area contributed by atoms with Crippen LogP contribution >= 0.6 is 0 Å². The van der Waals surface area contributed by atoms with Gasteiger partial charge in [-0.05, 0) is 19.4 Å². The lowest BCUT2D eigenvalue weighted by Crippen LogP contribution is -2.51. The van der Waals surface area contributed by atoms with E-state index >= 15 is 0 Å². The maximum atomic E-state index is 11.8. The monoisotopic (exact) mass is 255 g/mol. The summed E-state index contributed by atoms with van der Waals surface area (Å²) >= 11 is 0. The van der Waals surface area contributed by atoms with Crippen molar-refractivity contribution in [3.8, 4) is 0 Å². The van der Waals surface area contributed by atoms with Gasteiger partial charge in [0.05, 0.1) is 0 Å². The van der Waals surface area contributed by atoms with Gasteiger partial charge in [0, 0.05) is 32.7 Å². The van der Waals surface area contributed by atoms with Gasteiger partial charge in [-0.15, -0.1) is 0 Å². The third-order valence-corrected chi connectivity index (χ3v) is 3.54. The van der Waals surface area contributed by atoms with Crippen LogP contribution in [-0.2, 0) is 0 Å². The van der Waals surface area contributed by atoms with E-state index < -0.39 is 0 Å². The first-order valence-corrected chi connectivity index (χ1v) is 7.53. The summed E-state index contributed by atoms with van der Waals surface area (Å²) in [7, 11) is 0. The normalized spacial score (nSPS) is 16.9. The molecule has 0 atom stereocenters. The number of nitrogens with zero attached hydrogens (tertiary/aromatic N) is 2. The number of amides is 2. The van der Waals surface area contributed by atoms with E-state index in [-0.39, 0.29) is 6.03 Å². The summed E-state index contributed by atoms with van der Waals surface area (Å²) in [4.78, 5) is 16.3. The number of unbranched alkanes of at least 4 members (excludes halogenated alkanes) is 3. The van der Waals surface area contributed by atoms with E-state index in [0.29, 0.717) is 0 Å². The molecule has 4 nitrogen and oxygen atoms in total. The Balaban J connectivity index is 2.12. The van der Waals surface area contributed by atoms with Gasteiger partial charge in [0.15, 0.2) is 0 Å². The first kappa shape index (κ1) is 15.3. The van der Waals surface area contributed by atoms with E-state index in [0.717, 1.165) is 45.6 Å². The molecule has 0 radical (unpaired) electrons. The third kappa shape index (κ3) is 5.71. The number of carbonyl (C=O) groups excluding carboxylic acids is 1. The van der Waals surface area contributed by atoms with E-state index in [2.05, 4.69) is 24.1 Å². The molecule has 106 valence electrons. The maximum Gasteiger partial charge on any atom is 0.317 e. The molecule has 0 aliphatic carbocycles. The van der Waals surface area contributed by atoms with Crippen molar-refractivity contribution in [1.29, 1.82) is 0 Å². The van der Waals surface area contributed by atoms with E-state index in [4.69, 9.17) is 0 Å². The number of piperazine rings is 1. The van der Waals surface area contributed by atoms with Crippen LogP contribution in [0, 0.1) is 0 Å². The van der Waals surface area contributed by atoms with Gasteiger partial charge in [-0.3, -0.25) is 4.90 Å². The zero-order chi connectivity index (χ0) is 13.2. The van der Waals surface area contributed by atoms with Crippen molar-refractivity contribution >= 4 is 6.03 Å². The van der Waals surface area contributed by atoms with E-state index in [1.165, 1.54) is 25.8 Å². The van der Waals surface area contributed by atoms with Crippen LogP contribution < -0.4 is 5.32 Å². The quantitative estimate of drug-likeness (QED) is 0.709. The highest BCUT2D eigenvalue weighted by Crippen LogP contribution is 2.04. The second-order valence-corrected chi connectivity index (χ2v) is 5.12. The summed E-state index contributed by atoms with van der Waals surface area (Å²) in [5.74, 6) is 0. The molecule has 0 spiro atoms. The van der Waals surface area contributed by atoms with Crippen molar-refractivity contribution < 1.29 is 4.79 Å². The Labute approximate surface area is 112 Å². The molecule has 0 aromatic heterocycles. The van der Waals surface area contributed by atoms with Crippen molar-refractivity contribution in [1.82, 2.24) is 15.1 Å². The summed E-state index contributed by atoms with van der Waals surface area (Å²) < 4.78 is 0. The predicted molar refractivity (Wildman–Crippen MR) is 75.8 cm³/mol. The second-order valence-electron chi connectivity index (χ2n) is 5.12. The van der Waals surface area contributed by atoms with Gasteiger partial charge < -0.3 is 10.2 Å². The van der Waals surface area contributed by atoms with Gasteiger partial charge in [0.1, 0.15) is 0 Å². The Morgan fingerprint density at radius 2 is 1.67 bits per heavy atom. The molecule has 1 rings (SSSR count). The lowest BCUT2D eigenvalue weighted by Gasteiger charge is -2.34. The van der Waals surface area contributed by atoms with Crippen molar-refractivity contribution in [3.05, 3.63) is 0 Å². The highest BCUT2D eigenvalue weighted by Gasteiger charge is 2.19. The highest BCUT2D eigenvalue weighted by atomic mass is 16.2. The standard InChI is InChI=1S/C14H29N3O/c1-3-5-7-9-16-10-12-17(13-11-16)14(18)15-8-6-4-2/h3-13H2,1-2H3,(H,15,18). The largest absolute Gasteiger partial charge is 0.338 e. The van der Waals surface area contributed by atoms with Gasteiger partial charge in [-0.25, -0.2) is 4.79 Å². The van der Waals surface area contributed by atoms with Crippen molar-refractivity contribution in [2.75, 3.05) is 39.3 Å². The molecule has 1 fully saturated rings. The first-order chi connectivity index (χ1) is 8.77. The minimum Gasteiger partial charge on any atom is -0.338 e. The molecular weight excluding hydrogens is 226 g/mol. The fourth-order valence-electron chi connectivity index (χ4n) is 2.24. The van der Waals surface area contributed by atoms with Gasteiger partial charge >= 0.3 is 6.03 Å². The number of hydrogen-bond donors (Lipinski definition) is 1. The average molecular weight is 255 g/mol. The van der Waals surface area contributed by atoms with E-state index in [1.54, 1.807) is 0 Å². The Hall–Kier alpha value is -0.770. The molecule has 4 heteroatoms. The molecule has 1 saturated heterocycles. The molecule has 0 aromatic rings. The third-order valence-electron chi connectivity index (χ3n) is 3.54. The van der Waals surface area contributed by atoms with Crippen LogP contribution in [0.25, 0.3) is 0 Å². The van der Waals surface area contributed by atoms with Crippen LogP contribution in [0.4, 0.5) is 4.79 Å². The first-order valence-electron chi connectivity index (χ1n) is 7.53. The molecule has 1 N–H and O–H groups in total.